The van der Waals surface area contributed by atoms with Gasteiger partial charge in [0.25, 0.3) is 5.91 Å². The summed E-state index contributed by atoms with van der Waals surface area (Å²) in [6.07, 6.45) is -1.48. The molecule has 0 spiro atoms. The van der Waals surface area contributed by atoms with E-state index in [9.17, 15) is 27.6 Å². The second-order valence-electron chi connectivity index (χ2n) is 9.94. The van der Waals surface area contributed by atoms with Gasteiger partial charge in [-0.1, -0.05) is 6.07 Å². The highest BCUT2D eigenvalue weighted by molar-refractivity contribution is 6.09. The Morgan fingerprint density at radius 3 is 2.51 bits per heavy atom. The number of methoxy groups -OCH3 is 1. The van der Waals surface area contributed by atoms with Gasteiger partial charge >= 0.3 is 12.2 Å². The van der Waals surface area contributed by atoms with Crippen LogP contribution in [0.1, 0.15) is 27.2 Å². The predicted octanol–water partition coefficient (Wildman–Crippen LogP) is 4.90. The molecular weight excluding hydrogens is 593 g/mol. The topological polar surface area (TPSA) is 142 Å². The normalized spacial score (nSPS) is 12.8. The van der Waals surface area contributed by atoms with Crippen molar-refractivity contribution in [2.75, 3.05) is 41.1 Å². The molecule has 0 bridgehead atoms. The standard InChI is InChI=1S/C30H27F3N8O4/c1-17-7-8-21(14-35-17)38-28-36-13-19-15-40(29(44)41(26(19)39-28)16-25(42)34-2)23-10-22(11-24(12-23)45-3)37-27(43)18-5-4-6-20(9-18)30(31,32)33/h4-14H,15-16H2,1-3H3,(H,34,42)(H,37,43)(H,36,38,39). The van der Waals surface area contributed by atoms with Crippen molar-refractivity contribution in [3.63, 3.8) is 0 Å². The predicted molar refractivity (Wildman–Crippen MR) is 160 cm³/mol. The highest BCUT2D eigenvalue weighted by Gasteiger charge is 2.35. The molecule has 2 aromatic heterocycles. The van der Waals surface area contributed by atoms with Gasteiger partial charge in [0.1, 0.15) is 18.1 Å². The summed E-state index contributed by atoms with van der Waals surface area (Å²) in [7, 11) is 2.82. The lowest BCUT2D eigenvalue weighted by Gasteiger charge is -2.36. The van der Waals surface area contributed by atoms with Gasteiger partial charge in [0.05, 0.1) is 36.8 Å². The van der Waals surface area contributed by atoms with Crippen molar-refractivity contribution in [3.8, 4) is 5.75 Å². The average molecular weight is 621 g/mol. The van der Waals surface area contributed by atoms with Gasteiger partial charge in [0.2, 0.25) is 11.9 Å². The van der Waals surface area contributed by atoms with Crippen LogP contribution in [0.4, 0.5) is 46.8 Å². The van der Waals surface area contributed by atoms with Crippen LogP contribution in [0, 0.1) is 6.92 Å². The number of anilines is 5. The van der Waals surface area contributed by atoms with Crippen LogP contribution >= 0.6 is 0 Å². The summed E-state index contributed by atoms with van der Waals surface area (Å²) >= 11 is 0. The molecule has 0 fully saturated rings. The van der Waals surface area contributed by atoms with E-state index in [2.05, 4.69) is 30.9 Å². The number of alkyl halides is 3. The second-order valence-corrected chi connectivity index (χ2v) is 9.94. The molecule has 5 rings (SSSR count). The third-order valence-corrected chi connectivity index (χ3v) is 6.78. The van der Waals surface area contributed by atoms with Crippen LogP contribution in [0.5, 0.6) is 5.75 Å². The molecule has 3 N–H and O–H groups in total. The van der Waals surface area contributed by atoms with E-state index in [-0.39, 0.29) is 47.5 Å². The van der Waals surface area contributed by atoms with Gasteiger partial charge in [-0.15, -0.1) is 0 Å². The van der Waals surface area contributed by atoms with E-state index in [1.54, 1.807) is 18.3 Å². The van der Waals surface area contributed by atoms with Crippen LogP contribution in [-0.4, -0.2) is 53.5 Å². The number of rotatable bonds is 8. The molecule has 0 saturated carbocycles. The zero-order valence-corrected chi connectivity index (χ0v) is 24.3. The Balaban J connectivity index is 1.46. The first-order chi connectivity index (χ1) is 21.4. The molecule has 0 radical (unpaired) electrons. The lowest BCUT2D eigenvalue weighted by atomic mass is 10.1. The largest absolute Gasteiger partial charge is 0.497 e. The van der Waals surface area contributed by atoms with Crippen LogP contribution in [0.2, 0.25) is 0 Å². The van der Waals surface area contributed by atoms with Crippen LogP contribution in [-0.2, 0) is 17.5 Å². The van der Waals surface area contributed by atoms with Crippen molar-refractivity contribution in [2.24, 2.45) is 0 Å². The number of carbonyl (C=O) groups is 3. The number of aryl methyl sites for hydroxylation is 1. The van der Waals surface area contributed by atoms with Crippen LogP contribution in [0.15, 0.2) is 67.0 Å². The number of ether oxygens (including phenoxy) is 1. The van der Waals surface area contributed by atoms with Crippen LogP contribution in [0.3, 0.4) is 0 Å². The molecule has 45 heavy (non-hydrogen) atoms. The number of carbonyl (C=O) groups excluding carboxylic acids is 3. The highest BCUT2D eigenvalue weighted by atomic mass is 19.4. The van der Waals surface area contributed by atoms with E-state index in [0.717, 1.165) is 23.9 Å². The minimum Gasteiger partial charge on any atom is -0.497 e. The Labute approximate surface area is 255 Å². The highest BCUT2D eigenvalue weighted by Crippen LogP contribution is 2.35. The number of urea groups is 1. The van der Waals surface area contributed by atoms with E-state index >= 15 is 0 Å². The minimum absolute atomic E-state index is 0.00103. The SMILES string of the molecule is CNC(=O)CN1C(=O)N(c2cc(NC(=O)c3cccc(C(F)(F)F)c3)cc(OC)c2)Cc2cnc(Nc3ccc(C)nc3)nc21. The zero-order chi connectivity index (χ0) is 32.3. The number of pyridine rings is 1. The quantitative estimate of drug-likeness (QED) is 0.253. The first-order valence-electron chi connectivity index (χ1n) is 13.5. The number of aromatic nitrogens is 3. The van der Waals surface area contributed by atoms with E-state index in [1.807, 2.05) is 13.0 Å². The smallest absolute Gasteiger partial charge is 0.416 e. The number of nitrogens with zero attached hydrogens (tertiary/aromatic N) is 5. The third kappa shape index (κ3) is 6.92. The lowest BCUT2D eigenvalue weighted by molar-refractivity contribution is -0.137. The molecular formula is C30H27F3N8O4. The van der Waals surface area contributed by atoms with Gasteiger partial charge in [-0.3, -0.25) is 24.4 Å². The molecule has 4 amide bonds. The molecule has 15 heteroatoms. The molecule has 3 heterocycles. The van der Waals surface area contributed by atoms with Gasteiger partial charge in [0.15, 0.2) is 0 Å². The minimum atomic E-state index is -4.62. The number of benzene rings is 2. The Kier molecular flexibility index (Phi) is 8.52. The molecule has 0 aliphatic carbocycles. The molecule has 0 saturated heterocycles. The molecule has 0 atom stereocenters. The Morgan fingerprint density at radius 1 is 1.02 bits per heavy atom. The lowest BCUT2D eigenvalue weighted by Crippen LogP contribution is -2.51. The fourth-order valence-electron chi connectivity index (χ4n) is 4.48. The maximum absolute atomic E-state index is 13.9. The summed E-state index contributed by atoms with van der Waals surface area (Å²) in [5, 5.41) is 8.11. The fourth-order valence-corrected chi connectivity index (χ4v) is 4.48. The summed E-state index contributed by atoms with van der Waals surface area (Å²) in [6, 6.07) is 11.5. The second kappa shape index (κ2) is 12.5. The summed E-state index contributed by atoms with van der Waals surface area (Å²) < 4.78 is 45.0. The first-order valence-corrected chi connectivity index (χ1v) is 13.5. The van der Waals surface area contributed by atoms with Crippen molar-refractivity contribution in [3.05, 3.63) is 89.4 Å². The number of amides is 4. The van der Waals surface area contributed by atoms with Crippen molar-refractivity contribution in [2.45, 2.75) is 19.6 Å². The number of fused-ring (bicyclic) bond motifs is 1. The molecule has 1 aliphatic heterocycles. The maximum Gasteiger partial charge on any atom is 0.416 e. The average Bonchev–Trinajstić information content (AvgIpc) is 3.02. The third-order valence-electron chi connectivity index (χ3n) is 6.78. The summed E-state index contributed by atoms with van der Waals surface area (Å²) in [5.41, 5.74) is 1.22. The molecule has 4 aromatic rings. The monoisotopic (exact) mass is 620 g/mol. The number of likely N-dealkylation sites (N-methyl/N-ethyl adjacent to an activating group) is 1. The Morgan fingerprint density at radius 2 is 1.82 bits per heavy atom. The number of nitrogens with one attached hydrogen (secondary N) is 3. The van der Waals surface area contributed by atoms with Crippen LogP contribution < -0.4 is 30.5 Å². The van der Waals surface area contributed by atoms with E-state index in [0.29, 0.717) is 11.3 Å². The molecule has 12 nitrogen and oxygen atoms in total. The van der Waals surface area contributed by atoms with Crippen LogP contribution in [0.25, 0.3) is 0 Å². The number of halogens is 3. The van der Waals surface area contributed by atoms with Crippen molar-refractivity contribution >= 4 is 46.7 Å². The van der Waals surface area contributed by atoms with E-state index in [1.165, 1.54) is 48.4 Å². The summed E-state index contributed by atoms with van der Waals surface area (Å²) in [4.78, 5) is 54.9. The van der Waals surface area contributed by atoms with Crippen molar-refractivity contribution in [1.29, 1.82) is 0 Å². The van der Waals surface area contributed by atoms with Gasteiger partial charge < -0.3 is 20.7 Å². The number of hydrogen-bond donors (Lipinski definition) is 3. The van der Waals surface area contributed by atoms with Crippen molar-refractivity contribution < 1.29 is 32.3 Å². The van der Waals surface area contributed by atoms with Gasteiger partial charge in [-0.25, -0.2) is 9.78 Å². The van der Waals surface area contributed by atoms with E-state index < -0.39 is 29.6 Å². The summed E-state index contributed by atoms with van der Waals surface area (Å²) in [5.74, 6) is -0.589. The van der Waals surface area contributed by atoms with E-state index in [4.69, 9.17) is 4.74 Å². The first kappa shape index (κ1) is 30.7. The van der Waals surface area contributed by atoms with Gasteiger partial charge in [0, 0.05) is 47.9 Å². The molecule has 0 unspecified atom stereocenters. The van der Waals surface area contributed by atoms with Crippen molar-refractivity contribution in [1.82, 2.24) is 20.3 Å². The van der Waals surface area contributed by atoms with Gasteiger partial charge in [-0.05, 0) is 43.3 Å². The fraction of sp³-hybridized carbons (Fsp3) is 0.200. The van der Waals surface area contributed by atoms with Gasteiger partial charge in [-0.2, -0.15) is 18.2 Å². The Hall–Kier alpha value is -5.73. The maximum atomic E-state index is 13.9. The summed E-state index contributed by atoms with van der Waals surface area (Å²) in [6.45, 7) is 1.49. The zero-order valence-electron chi connectivity index (χ0n) is 24.3. The number of hydrogen-bond acceptors (Lipinski definition) is 8. The molecule has 232 valence electrons. The Bertz CT molecular complexity index is 1770. The molecule has 2 aromatic carbocycles. The molecule has 1 aliphatic rings.